The lowest BCUT2D eigenvalue weighted by Crippen LogP contribution is -2.33. The maximum absolute atomic E-state index is 11.9. The molecule has 0 bridgehead atoms. The van der Waals surface area contributed by atoms with Crippen LogP contribution in [0.2, 0.25) is 0 Å². The van der Waals surface area contributed by atoms with Crippen molar-refractivity contribution in [2.24, 2.45) is 5.92 Å². The number of anilines is 1. The molecular formula is C15H19NO5. The number of ether oxygens (including phenoxy) is 1. The topological polar surface area (TPSA) is 95.9 Å². The molecule has 6 nitrogen and oxygen atoms in total. The average molecular weight is 293 g/mol. The van der Waals surface area contributed by atoms with E-state index in [1.54, 1.807) is 0 Å². The highest BCUT2D eigenvalue weighted by Crippen LogP contribution is 2.33. The first-order valence-corrected chi connectivity index (χ1v) is 6.98. The number of phenols is 1. The fourth-order valence-electron chi connectivity index (χ4n) is 2.49. The van der Waals surface area contributed by atoms with Crippen molar-refractivity contribution in [1.82, 2.24) is 0 Å². The van der Waals surface area contributed by atoms with E-state index in [0.29, 0.717) is 13.0 Å². The number of carboxylic acid groups (broad SMARTS) is 1. The molecule has 6 heteroatoms. The zero-order valence-electron chi connectivity index (χ0n) is 11.8. The summed E-state index contributed by atoms with van der Waals surface area (Å²) in [6.07, 6.45) is 2.32. The third-order valence-corrected chi connectivity index (χ3v) is 3.61. The number of rotatable bonds is 6. The van der Waals surface area contributed by atoms with Gasteiger partial charge in [0, 0.05) is 13.0 Å². The van der Waals surface area contributed by atoms with Crippen LogP contribution in [0.4, 0.5) is 5.69 Å². The summed E-state index contributed by atoms with van der Waals surface area (Å²) in [5, 5.41) is 21.3. The van der Waals surface area contributed by atoms with Crippen LogP contribution in [0, 0.1) is 5.92 Å². The molecule has 0 aliphatic heterocycles. The molecular weight excluding hydrogens is 274 g/mol. The Bertz CT molecular complexity index is 537. The summed E-state index contributed by atoms with van der Waals surface area (Å²) in [4.78, 5) is 22.8. The molecule has 0 unspecified atom stereocenters. The number of aromatic carboxylic acids is 1. The summed E-state index contributed by atoms with van der Waals surface area (Å²) in [6, 6.07) is 4.24. The molecule has 2 rings (SSSR count). The fraction of sp³-hybridized carbons (Fsp3) is 0.467. The third kappa shape index (κ3) is 3.72. The number of aromatic hydroxyl groups is 1. The molecule has 0 heterocycles. The summed E-state index contributed by atoms with van der Waals surface area (Å²) < 4.78 is 5.43. The first kappa shape index (κ1) is 15.3. The van der Waals surface area contributed by atoms with Crippen molar-refractivity contribution in [3.63, 3.8) is 0 Å². The van der Waals surface area contributed by atoms with Crippen LogP contribution in [0.15, 0.2) is 18.2 Å². The molecule has 3 N–H and O–H groups in total. The Morgan fingerprint density at radius 2 is 2.10 bits per heavy atom. The van der Waals surface area contributed by atoms with E-state index in [1.807, 2.05) is 6.92 Å². The van der Waals surface area contributed by atoms with Crippen molar-refractivity contribution < 1.29 is 24.5 Å². The molecule has 1 aliphatic rings. The number of hydrogen-bond acceptors (Lipinski definition) is 4. The monoisotopic (exact) mass is 293 g/mol. The van der Waals surface area contributed by atoms with Crippen LogP contribution in [0.25, 0.3) is 0 Å². The van der Waals surface area contributed by atoms with E-state index in [0.717, 1.165) is 12.8 Å². The van der Waals surface area contributed by atoms with Gasteiger partial charge in [0.15, 0.2) is 5.75 Å². The molecule has 0 atom stereocenters. The van der Waals surface area contributed by atoms with Crippen molar-refractivity contribution in [2.45, 2.75) is 32.3 Å². The minimum Gasteiger partial charge on any atom is -0.505 e. The highest BCUT2D eigenvalue weighted by Gasteiger charge is 2.31. The number of hydrogen-bond donors (Lipinski definition) is 3. The minimum absolute atomic E-state index is 0.126. The second-order valence-electron chi connectivity index (χ2n) is 5.17. The quantitative estimate of drug-likeness (QED) is 0.699. The second-order valence-corrected chi connectivity index (χ2v) is 5.17. The molecule has 114 valence electrons. The Balaban J connectivity index is 1.89. The molecule has 0 aromatic heterocycles. The van der Waals surface area contributed by atoms with Crippen LogP contribution in [-0.4, -0.2) is 34.8 Å². The van der Waals surface area contributed by atoms with Crippen molar-refractivity contribution in [1.29, 1.82) is 0 Å². The Morgan fingerprint density at radius 3 is 2.71 bits per heavy atom. The third-order valence-electron chi connectivity index (χ3n) is 3.61. The van der Waals surface area contributed by atoms with Crippen LogP contribution in [0.1, 0.15) is 36.5 Å². The van der Waals surface area contributed by atoms with Gasteiger partial charge in [-0.1, -0.05) is 6.07 Å². The summed E-state index contributed by atoms with van der Waals surface area (Å²) >= 11 is 0. The molecule has 1 fully saturated rings. The van der Waals surface area contributed by atoms with Gasteiger partial charge in [-0.25, -0.2) is 4.79 Å². The fourth-order valence-corrected chi connectivity index (χ4v) is 2.49. The molecule has 21 heavy (non-hydrogen) atoms. The van der Waals surface area contributed by atoms with E-state index in [9.17, 15) is 14.7 Å². The average Bonchev–Trinajstić information content (AvgIpc) is 2.38. The predicted molar refractivity (Wildman–Crippen MR) is 76.5 cm³/mol. The normalized spacial score (nSPS) is 20.6. The van der Waals surface area contributed by atoms with Gasteiger partial charge < -0.3 is 20.3 Å². The van der Waals surface area contributed by atoms with Gasteiger partial charge in [0.1, 0.15) is 5.56 Å². The number of carbonyl (C=O) groups is 2. The lowest BCUT2D eigenvalue weighted by molar-refractivity contribution is -0.119. The van der Waals surface area contributed by atoms with E-state index in [4.69, 9.17) is 9.84 Å². The molecule has 1 amide bonds. The molecule has 1 aliphatic carbocycles. The van der Waals surface area contributed by atoms with Gasteiger partial charge in [0.2, 0.25) is 5.91 Å². The summed E-state index contributed by atoms with van der Waals surface area (Å²) in [5.41, 5.74) is -0.103. The number of para-hydroxylation sites is 1. The highest BCUT2D eigenvalue weighted by molar-refractivity contribution is 5.97. The van der Waals surface area contributed by atoms with E-state index >= 15 is 0 Å². The Hall–Kier alpha value is -2.08. The number of carbonyl (C=O) groups excluding carboxylic acids is 1. The zero-order valence-corrected chi connectivity index (χ0v) is 11.8. The summed E-state index contributed by atoms with van der Waals surface area (Å²) in [7, 11) is 0. The smallest absolute Gasteiger partial charge is 0.339 e. The predicted octanol–water partition coefficient (Wildman–Crippen LogP) is 2.23. The zero-order chi connectivity index (χ0) is 15.4. The van der Waals surface area contributed by atoms with E-state index in [2.05, 4.69) is 5.32 Å². The molecule has 1 saturated carbocycles. The van der Waals surface area contributed by atoms with Crippen molar-refractivity contribution in [3.05, 3.63) is 23.8 Å². The first-order valence-electron chi connectivity index (χ1n) is 6.98. The minimum atomic E-state index is -1.23. The number of nitrogens with one attached hydrogen (secondary N) is 1. The van der Waals surface area contributed by atoms with Gasteiger partial charge in [-0.3, -0.25) is 4.79 Å². The van der Waals surface area contributed by atoms with Gasteiger partial charge >= 0.3 is 5.97 Å². The highest BCUT2D eigenvalue weighted by atomic mass is 16.5. The molecule has 1 aromatic rings. The van der Waals surface area contributed by atoms with E-state index < -0.39 is 11.7 Å². The number of amides is 1. The van der Waals surface area contributed by atoms with Crippen molar-refractivity contribution in [2.75, 3.05) is 11.9 Å². The maximum atomic E-state index is 11.9. The van der Waals surface area contributed by atoms with Gasteiger partial charge in [-0.05, 0) is 37.8 Å². The Kier molecular flexibility index (Phi) is 4.80. The molecule has 0 spiro atoms. The van der Waals surface area contributed by atoms with Crippen LogP contribution in [0.5, 0.6) is 5.75 Å². The molecule has 0 radical (unpaired) electrons. The van der Waals surface area contributed by atoms with Gasteiger partial charge in [-0.2, -0.15) is 0 Å². The van der Waals surface area contributed by atoms with Crippen molar-refractivity contribution in [3.8, 4) is 5.75 Å². The maximum Gasteiger partial charge on any atom is 0.339 e. The lowest BCUT2D eigenvalue weighted by atomic mass is 9.80. The first-order chi connectivity index (χ1) is 10.0. The number of benzene rings is 1. The van der Waals surface area contributed by atoms with Crippen LogP contribution in [-0.2, 0) is 9.53 Å². The van der Waals surface area contributed by atoms with Crippen LogP contribution < -0.4 is 5.32 Å². The van der Waals surface area contributed by atoms with Crippen LogP contribution >= 0.6 is 0 Å². The Morgan fingerprint density at radius 1 is 1.38 bits per heavy atom. The van der Waals surface area contributed by atoms with Gasteiger partial charge in [0.05, 0.1) is 11.8 Å². The van der Waals surface area contributed by atoms with Gasteiger partial charge in [0.25, 0.3) is 0 Å². The van der Waals surface area contributed by atoms with Gasteiger partial charge in [-0.15, -0.1) is 0 Å². The van der Waals surface area contributed by atoms with Crippen molar-refractivity contribution >= 4 is 17.6 Å². The van der Waals surface area contributed by atoms with E-state index in [1.165, 1.54) is 18.2 Å². The molecule has 0 saturated heterocycles. The standard InChI is InChI=1S/C15H19NO5/c1-2-21-10-6-9(7-10)8-13(17)16-12-5-3-4-11(14(12)18)15(19)20/h3-5,9-10,18H,2,6-8H2,1H3,(H,16,17)(H,19,20). The van der Waals surface area contributed by atoms with E-state index in [-0.39, 0.29) is 29.2 Å². The largest absolute Gasteiger partial charge is 0.505 e. The second kappa shape index (κ2) is 6.58. The number of carboxylic acids is 1. The Labute approximate surface area is 122 Å². The van der Waals surface area contributed by atoms with Crippen LogP contribution in [0.3, 0.4) is 0 Å². The summed E-state index contributed by atoms with van der Waals surface area (Å²) in [5.74, 6) is -1.60. The lowest BCUT2D eigenvalue weighted by Gasteiger charge is -2.34. The SMILES string of the molecule is CCOC1CC(CC(=O)Nc2cccc(C(=O)O)c2O)C1. The molecule has 1 aromatic carbocycles. The summed E-state index contributed by atoms with van der Waals surface area (Å²) in [6.45, 7) is 2.62.